The Morgan fingerprint density at radius 2 is 1.93 bits per heavy atom. The lowest BCUT2D eigenvalue weighted by atomic mass is 10.3. The number of carbonyl (C=O) groups is 1. The quantitative estimate of drug-likeness (QED) is 0.523. The standard InChI is InChI=1S/C10H23N3O/c1-3-13(4-2)9-5-7-12-8-6-10(11)14/h12H,3-9H2,1-2H3,(H2,11,14). The molecule has 4 heteroatoms. The van der Waals surface area contributed by atoms with E-state index in [1.165, 1.54) is 0 Å². The third-order valence-corrected chi connectivity index (χ3v) is 2.27. The van der Waals surface area contributed by atoms with Gasteiger partial charge in [0.2, 0.25) is 5.91 Å². The normalized spacial score (nSPS) is 10.8. The van der Waals surface area contributed by atoms with Gasteiger partial charge in [-0.15, -0.1) is 0 Å². The Kier molecular flexibility index (Phi) is 8.57. The molecule has 0 saturated heterocycles. The predicted octanol–water partition coefficient (Wildman–Crippen LogP) is 0.183. The number of hydrogen-bond donors (Lipinski definition) is 2. The molecule has 0 aromatic carbocycles. The highest BCUT2D eigenvalue weighted by Crippen LogP contribution is 1.89. The SMILES string of the molecule is CCN(CC)CCCNCCC(N)=O. The van der Waals surface area contributed by atoms with E-state index < -0.39 is 0 Å². The zero-order valence-electron chi connectivity index (χ0n) is 9.38. The summed E-state index contributed by atoms with van der Waals surface area (Å²) >= 11 is 0. The highest BCUT2D eigenvalue weighted by atomic mass is 16.1. The fraction of sp³-hybridized carbons (Fsp3) is 0.900. The van der Waals surface area contributed by atoms with Crippen LogP contribution in [0.5, 0.6) is 0 Å². The van der Waals surface area contributed by atoms with Crippen LogP contribution in [0.2, 0.25) is 0 Å². The van der Waals surface area contributed by atoms with Gasteiger partial charge in [-0.25, -0.2) is 0 Å². The van der Waals surface area contributed by atoms with E-state index in [-0.39, 0.29) is 5.91 Å². The molecular formula is C10H23N3O. The van der Waals surface area contributed by atoms with E-state index in [9.17, 15) is 4.79 Å². The van der Waals surface area contributed by atoms with E-state index in [1.807, 2.05) is 0 Å². The number of nitrogens with one attached hydrogen (secondary N) is 1. The largest absolute Gasteiger partial charge is 0.370 e. The van der Waals surface area contributed by atoms with E-state index in [0.29, 0.717) is 13.0 Å². The smallest absolute Gasteiger partial charge is 0.218 e. The first-order valence-corrected chi connectivity index (χ1v) is 5.42. The van der Waals surface area contributed by atoms with Crippen LogP contribution in [-0.2, 0) is 4.79 Å². The van der Waals surface area contributed by atoms with Gasteiger partial charge >= 0.3 is 0 Å². The second-order valence-electron chi connectivity index (χ2n) is 3.35. The first-order chi connectivity index (χ1) is 6.70. The van der Waals surface area contributed by atoms with Crippen molar-refractivity contribution in [2.45, 2.75) is 26.7 Å². The van der Waals surface area contributed by atoms with E-state index in [2.05, 4.69) is 24.1 Å². The maximum absolute atomic E-state index is 10.4. The molecule has 14 heavy (non-hydrogen) atoms. The number of carbonyl (C=O) groups excluding carboxylic acids is 1. The van der Waals surface area contributed by atoms with Crippen LogP contribution < -0.4 is 11.1 Å². The van der Waals surface area contributed by atoms with Crippen molar-refractivity contribution in [3.63, 3.8) is 0 Å². The number of primary amides is 1. The van der Waals surface area contributed by atoms with Crippen LogP contribution in [0.15, 0.2) is 0 Å². The van der Waals surface area contributed by atoms with Gasteiger partial charge in [0, 0.05) is 13.0 Å². The molecule has 0 spiro atoms. The molecule has 0 bridgehead atoms. The molecule has 0 saturated carbocycles. The van der Waals surface area contributed by atoms with E-state index in [4.69, 9.17) is 5.73 Å². The zero-order chi connectivity index (χ0) is 10.8. The van der Waals surface area contributed by atoms with Gasteiger partial charge in [-0.2, -0.15) is 0 Å². The van der Waals surface area contributed by atoms with Crippen molar-refractivity contribution >= 4 is 5.91 Å². The van der Waals surface area contributed by atoms with E-state index in [0.717, 1.165) is 32.6 Å². The Morgan fingerprint density at radius 1 is 1.29 bits per heavy atom. The molecule has 0 heterocycles. The number of nitrogens with two attached hydrogens (primary N) is 1. The molecule has 4 nitrogen and oxygen atoms in total. The zero-order valence-corrected chi connectivity index (χ0v) is 9.38. The van der Waals surface area contributed by atoms with Crippen molar-refractivity contribution in [1.29, 1.82) is 0 Å². The average molecular weight is 201 g/mol. The van der Waals surface area contributed by atoms with Crippen molar-refractivity contribution in [2.24, 2.45) is 5.73 Å². The lowest BCUT2D eigenvalue weighted by molar-refractivity contribution is -0.117. The molecule has 3 N–H and O–H groups in total. The minimum absolute atomic E-state index is 0.235. The average Bonchev–Trinajstić information content (AvgIpc) is 2.16. The lowest BCUT2D eigenvalue weighted by Gasteiger charge is -2.17. The van der Waals surface area contributed by atoms with Crippen LogP contribution in [0, 0.1) is 0 Å². The summed E-state index contributed by atoms with van der Waals surface area (Å²) < 4.78 is 0. The summed E-state index contributed by atoms with van der Waals surface area (Å²) in [6.45, 7) is 9.34. The van der Waals surface area contributed by atoms with Gasteiger partial charge < -0.3 is 16.0 Å². The molecule has 0 radical (unpaired) electrons. The third kappa shape index (κ3) is 8.01. The van der Waals surface area contributed by atoms with Crippen LogP contribution >= 0.6 is 0 Å². The minimum atomic E-state index is -0.235. The Labute approximate surface area is 86.8 Å². The first kappa shape index (κ1) is 13.4. The molecular weight excluding hydrogens is 178 g/mol. The van der Waals surface area contributed by atoms with Gasteiger partial charge in [0.05, 0.1) is 0 Å². The summed E-state index contributed by atoms with van der Waals surface area (Å²) in [6, 6.07) is 0. The van der Waals surface area contributed by atoms with Gasteiger partial charge in [-0.05, 0) is 32.6 Å². The Bertz CT molecular complexity index is 146. The maximum Gasteiger partial charge on any atom is 0.218 e. The van der Waals surface area contributed by atoms with Crippen molar-refractivity contribution in [1.82, 2.24) is 10.2 Å². The molecule has 0 aliphatic carbocycles. The summed E-state index contributed by atoms with van der Waals surface area (Å²) in [5.74, 6) is -0.235. The first-order valence-electron chi connectivity index (χ1n) is 5.42. The van der Waals surface area contributed by atoms with Crippen LogP contribution in [0.25, 0.3) is 0 Å². The second-order valence-corrected chi connectivity index (χ2v) is 3.35. The predicted molar refractivity (Wildman–Crippen MR) is 59.1 cm³/mol. The molecule has 84 valence electrons. The van der Waals surface area contributed by atoms with Crippen LogP contribution in [0.1, 0.15) is 26.7 Å². The molecule has 0 aliphatic rings. The number of rotatable bonds is 9. The summed E-state index contributed by atoms with van der Waals surface area (Å²) in [4.78, 5) is 12.8. The Hall–Kier alpha value is -0.610. The van der Waals surface area contributed by atoms with Crippen LogP contribution in [-0.4, -0.2) is 43.5 Å². The minimum Gasteiger partial charge on any atom is -0.370 e. The summed E-state index contributed by atoms with van der Waals surface area (Å²) in [5.41, 5.74) is 5.01. The van der Waals surface area contributed by atoms with Crippen molar-refractivity contribution in [3.05, 3.63) is 0 Å². The summed E-state index contributed by atoms with van der Waals surface area (Å²) in [7, 11) is 0. The van der Waals surface area contributed by atoms with Crippen molar-refractivity contribution in [3.8, 4) is 0 Å². The molecule has 0 unspecified atom stereocenters. The number of amides is 1. The third-order valence-electron chi connectivity index (χ3n) is 2.27. The van der Waals surface area contributed by atoms with Crippen molar-refractivity contribution in [2.75, 3.05) is 32.7 Å². The van der Waals surface area contributed by atoms with Gasteiger partial charge in [0.15, 0.2) is 0 Å². The monoisotopic (exact) mass is 201 g/mol. The molecule has 1 amide bonds. The van der Waals surface area contributed by atoms with E-state index >= 15 is 0 Å². The summed E-state index contributed by atoms with van der Waals surface area (Å²) in [5, 5.41) is 3.19. The van der Waals surface area contributed by atoms with Gasteiger partial charge in [0.1, 0.15) is 0 Å². The Morgan fingerprint density at radius 3 is 2.43 bits per heavy atom. The highest BCUT2D eigenvalue weighted by Gasteiger charge is 1.98. The summed E-state index contributed by atoms with van der Waals surface area (Å²) in [6.07, 6.45) is 1.56. The fourth-order valence-corrected chi connectivity index (χ4v) is 1.30. The number of hydrogen-bond acceptors (Lipinski definition) is 3. The van der Waals surface area contributed by atoms with Gasteiger partial charge in [-0.3, -0.25) is 4.79 Å². The highest BCUT2D eigenvalue weighted by molar-refractivity contribution is 5.73. The fourth-order valence-electron chi connectivity index (χ4n) is 1.30. The topological polar surface area (TPSA) is 58.4 Å². The molecule has 0 aromatic heterocycles. The van der Waals surface area contributed by atoms with E-state index in [1.54, 1.807) is 0 Å². The van der Waals surface area contributed by atoms with Crippen molar-refractivity contribution < 1.29 is 4.79 Å². The maximum atomic E-state index is 10.4. The number of nitrogens with zero attached hydrogens (tertiary/aromatic N) is 1. The lowest BCUT2D eigenvalue weighted by Crippen LogP contribution is -2.28. The van der Waals surface area contributed by atoms with Gasteiger partial charge in [0.25, 0.3) is 0 Å². The molecule has 0 aromatic rings. The second kappa shape index (κ2) is 8.97. The molecule has 0 rings (SSSR count). The van der Waals surface area contributed by atoms with Gasteiger partial charge in [-0.1, -0.05) is 13.8 Å². The van der Waals surface area contributed by atoms with Crippen LogP contribution in [0.3, 0.4) is 0 Å². The van der Waals surface area contributed by atoms with Crippen LogP contribution in [0.4, 0.5) is 0 Å². The molecule has 0 fully saturated rings. The Balaban J connectivity index is 3.16. The molecule has 0 aliphatic heterocycles. The molecule has 0 atom stereocenters.